The lowest BCUT2D eigenvalue weighted by Crippen LogP contribution is -2.10. The van der Waals surface area contributed by atoms with E-state index in [1.54, 1.807) is 0 Å². The van der Waals surface area contributed by atoms with Gasteiger partial charge in [-0.05, 0) is 6.92 Å². The summed E-state index contributed by atoms with van der Waals surface area (Å²) >= 11 is 5.46. The molecule has 0 saturated heterocycles. The normalized spacial score (nSPS) is 9.90. The van der Waals surface area contributed by atoms with Gasteiger partial charge >= 0.3 is 0 Å². The molecule has 1 rings (SSSR count). The van der Waals surface area contributed by atoms with E-state index in [1.807, 2.05) is 0 Å². The van der Waals surface area contributed by atoms with Crippen molar-refractivity contribution in [2.75, 3.05) is 0 Å². The molecule has 0 amide bonds. The molecule has 1 aromatic rings. The zero-order valence-electron chi connectivity index (χ0n) is 5.24. The molecule has 1 aromatic heterocycles. The Morgan fingerprint density at radius 3 is 2.80 bits per heavy atom. The molecule has 2 nitrogen and oxygen atoms in total. The molecular weight excluding hydrogens is 157 g/mol. The summed E-state index contributed by atoms with van der Waals surface area (Å²) in [6.45, 7) is 1.46. The van der Waals surface area contributed by atoms with Gasteiger partial charge in [0, 0.05) is 11.8 Å². The first-order valence-corrected chi connectivity index (χ1v) is 3.04. The highest BCUT2D eigenvalue weighted by atomic mass is 35.5. The van der Waals surface area contributed by atoms with Crippen LogP contribution < -0.4 is 5.43 Å². The highest BCUT2D eigenvalue weighted by molar-refractivity contribution is 6.30. The van der Waals surface area contributed by atoms with Crippen molar-refractivity contribution in [3.05, 3.63) is 33.0 Å². The average molecular weight is 162 g/mol. The van der Waals surface area contributed by atoms with Gasteiger partial charge in [-0.3, -0.25) is 4.79 Å². The summed E-state index contributed by atoms with van der Waals surface area (Å²) in [6, 6.07) is 0. The molecule has 0 atom stereocenters. The van der Waals surface area contributed by atoms with E-state index in [-0.39, 0.29) is 10.7 Å². The zero-order chi connectivity index (χ0) is 7.72. The lowest BCUT2D eigenvalue weighted by Gasteiger charge is -1.94. The number of H-pyrrole nitrogens is 1. The molecule has 10 heavy (non-hydrogen) atoms. The predicted octanol–water partition coefficient (Wildman–Crippen LogP) is 1.48. The quantitative estimate of drug-likeness (QED) is 0.575. The highest BCUT2D eigenvalue weighted by Gasteiger charge is 2.03. The Kier molecular flexibility index (Phi) is 1.76. The Hall–Kier alpha value is -0.830. The largest absolute Gasteiger partial charge is 0.349 e. The van der Waals surface area contributed by atoms with Crippen LogP contribution in [0.4, 0.5) is 4.39 Å². The van der Waals surface area contributed by atoms with Crippen LogP contribution in [-0.4, -0.2) is 4.98 Å². The molecule has 0 aliphatic rings. The van der Waals surface area contributed by atoms with E-state index < -0.39 is 11.2 Å². The van der Waals surface area contributed by atoms with Crippen molar-refractivity contribution in [3.8, 4) is 0 Å². The minimum absolute atomic E-state index is 0.186. The molecular formula is C6H5ClFNO. The first kappa shape index (κ1) is 7.28. The Bertz CT molecular complexity index is 307. The monoisotopic (exact) mass is 161 g/mol. The van der Waals surface area contributed by atoms with Crippen molar-refractivity contribution in [3.63, 3.8) is 0 Å². The molecule has 1 heterocycles. The molecule has 54 valence electrons. The molecule has 0 bridgehead atoms. The number of hydrogen-bond acceptors (Lipinski definition) is 1. The molecule has 0 radical (unpaired) electrons. The summed E-state index contributed by atoms with van der Waals surface area (Å²) in [4.78, 5) is 13.1. The van der Waals surface area contributed by atoms with Gasteiger partial charge in [-0.2, -0.15) is 0 Å². The van der Waals surface area contributed by atoms with Crippen molar-refractivity contribution in [2.45, 2.75) is 6.92 Å². The van der Waals surface area contributed by atoms with Gasteiger partial charge in [0.15, 0.2) is 5.82 Å². The lowest BCUT2D eigenvalue weighted by atomic mass is 10.3. The van der Waals surface area contributed by atoms with E-state index in [9.17, 15) is 9.18 Å². The number of aromatic amines is 1. The van der Waals surface area contributed by atoms with Crippen molar-refractivity contribution in [2.24, 2.45) is 0 Å². The molecule has 0 aromatic carbocycles. The third-order valence-electron chi connectivity index (χ3n) is 1.21. The number of nitrogens with one attached hydrogen (secondary N) is 1. The molecule has 0 unspecified atom stereocenters. The van der Waals surface area contributed by atoms with E-state index in [4.69, 9.17) is 11.6 Å². The van der Waals surface area contributed by atoms with Crippen molar-refractivity contribution < 1.29 is 4.39 Å². The van der Waals surface area contributed by atoms with Crippen LogP contribution in [0.3, 0.4) is 0 Å². The fraction of sp³-hybridized carbons (Fsp3) is 0.167. The smallest absolute Gasteiger partial charge is 0.221 e. The number of hydrogen-bond donors (Lipinski definition) is 1. The van der Waals surface area contributed by atoms with E-state index in [1.165, 1.54) is 6.92 Å². The van der Waals surface area contributed by atoms with Crippen LogP contribution in [0.2, 0.25) is 5.15 Å². The molecule has 0 saturated carbocycles. The first-order chi connectivity index (χ1) is 4.63. The van der Waals surface area contributed by atoms with Gasteiger partial charge in [0.25, 0.3) is 0 Å². The zero-order valence-corrected chi connectivity index (χ0v) is 6.00. The van der Waals surface area contributed by atoms with Gasteiger partial charge in [-0.25, -0.2) is 4.39 Å². The Balaban J connectivity index is 3.50. The second-order valence-electron chi connectivity index (χ2n) is 1.90. The third kappa shape index (κ3) is 1.04. The number of pyridine rings is 1. The second-order valence-corrected chi connectivity index (χ2v) is 2.28. The van der Waals surface area contributed by atoms with Gasteiger partial charge < -0.3 is 4.98 Å². The molecule has 4 heteroatoms. The summed E-state index contributed by atoms with van der Waals surface area (Å²) in [5.41, 5.74) is -0.439. The van der Waals surface area contributed by atoms with Gasteiger partial charge in [-0.15, -0.1) is 0 Å². The minimum Gasteiger partial charge on any atom is -0.349 e. The molecule has 0 aliphatic heterocycles. The Labute approximate surface area is 61.6 Å². The summed E-state index contributed by atoms with van der Waals surface area (Å²) in [7, 11) is 0. The van der Waals surface area contributed by atoms with E-state index >= 15 is 0 Å². The standard InChI is InChI=1S/C6H5ClFNO/c1-3-5(10)4(8)2-9-6(3)7/h2H,1H3,(H,9,10). The summed E-state index contributed by atoms with van der Waals surface area (Å²) < 4.78 is 12.4. The van der Waals surface area contributed by atoms with Gasteiger partial charge in [0.2, 0.25) is 5.43 Å². The van der Waals surface area contributed by atoms with Crippen LogP contribution >= 0.6 is 11.6 Å². The third-order valence-corrected chi connectivity index (χ3v) is 1.60. The van der Waals surface area contributed by atoms with Gasteiger partial charge in [-0.1, -0.05) is 11.6 Å². The maximum absolute atomic E-state index is 12.4. The molecule has 1 N–H and O–H groups in total. The van der Waals surface area contributed by atoms with Crippen molar-refractivity contribution in [1.29, 1.82) is 0 Å². The SMILES string of the molecule is Cc1c(Cl)[nH]cc(F)c1=O. The van der Waals surface area contributed by atoms with Crippen molar-refractivity contribution in [1.82, 2.24) is 4.98 Å². The topological polar surface area (TPSA) is 32.9 Å². The van der Waals surface area contributed by atoms with E-state index in [2.05, 4.69) is 4.98 Å². The highest BCUT2D eigenvalue weighted by Crippen LogP contribution is 2.05. The Morgan fingerprint density at radius 2 is 2.30 bits per heavy atom. The minimum atomic E-state index is -0.804. The second kappa shape index (κ2) is 2.42. The fourth-order valence-corrected chi connectivity index (χ4v) is 0.720. The lowest BCUT2D eigenvalue weighted by molar-refractivity contribution is 0.609. The number of halogens is 2. The van der Waals surface area contributed by atoms with Crippen molar-refractivity contribution >= 4 is 11.6 Å². The number of rotatable bonds is 0. The predicted molar refractivity (Wildman–Crippen MR) is 36.8 cm³/mol. The van der Waals surface area contributed by atoms with Gasteiger partial charge in [0.1, 0.15) is 5.15 Å². The Morgan fingerprint density at radius 1 is 1.70 bits per heavy atom. The summed E-state index contributed by atoms with van der Waals surface area (Å²) in [6.07, 6.45) is 0.942. The number of aromatic nitrogens is 1. The van der Waals surface area contributed by atoms with Gasteiger partial charge in [0.05, 0.1) is 0 Å². The molecule has 0 aliphatic carbocycles. The van der Waals surface area contributed by atoms with E-state index in [0.29, 0.717) is 0 Å². The van der Waals surface area contributed by atoms with Crippen LogP contribution in [-0.2, 0) is 0 Å². The van der Waals surface area contributed by atoms with Crippen LogP contribution in [0.25, 0.3) is 0 Å². The average Bonchev–Trinajstić information content (AvgIpc) is 1.93. The fourth-order valence-electron chi connectivity index (χ4n) is 0.579. The maximum atomic E-state index is 12.4. The van der Waals surface area contributed by atoms with Crippen LogP contribution in [0.5, 0.6) is 0 Å². The van der Waals surface area contributed by atoms with Crippen LogP contribution in [0.15, 0.2) is 11.0 Å². The summed E-state index contributed by atoms with van der Waals surface area (Å²) in [5, 5.41) is 0.186. The first-order valence-electron chi connectivity index (χ1n) is 2.66. The molecule has 0 spiro atoms. The van der Waals surface area contributed by atoms with Crippen LogP contribution in [0.1, 0.15) is 5.56 Å². The molecule has 0 fully saturated rings. The maximum Gasteiger partial charge on any atom is 0.221 e. The van der Waals surface area contributed by atoms with E-state index in [0.717, 1.165) is 6.20 Å². The summed E-state index contributed by atoms with van der Waals surface area (Å²) in [5.74, 6) is -0.804. The van der Waals surface area contributed by atoms with Crippen LogP contribution in [0, 0.1) is 12.7 Å².